The molecule has 1 aromatic carbocycles. The fourth-order valence-corrected chi connectivity index (χ4v) is 3.72. The van der Waals surface area contributed by atoms with Gasteiger partial charge in [0.25, 0.3) is 0 Å². The maximum Gasteiger partial charge on any atom is 0.241 e. The summed E-state index contributed by atoms with van der Waals surface area (Å²) in [5, 5.41) is 3.19. The van der Waals surface area contributed by atoms with Crippen molar-refractivity contribution in [3.8, 4) is 11.5 Å². The molecule has 1 fully saturated rings. The molecule has 3 rings (SSSR count). The average molecular weight is 335 g/mol. The molecule has 0 spiro atoms. The van der Waals surface area contributed by atoms with E-state index in [9.17, 15) is 8.42 Å². The number of benzene rings is 1. The molecule has 21 heavy (non-hydrogen) atoms. The quantitative estimate of drug-likeness (QED) is 0.859. The Labute approximate surface area is 130 Å². The predicted octanol–water partition coefficient (Wildman–Crippen LogP) is 0.910. The molecular weight excluding hydrogens is 316 g/mol. The third kappa shape index (κ3) is 3.79. The standard InChI is InChI=1S/C13H18N2O4S.ClH/c16-20(17,15-10-2-1-5-14-9-10)11-3-4-12-13(8-11)19-7-6-18-12;/h3-4,8,10,14-15H,1-2,5-7,9H2;1H/t10-;/m1./s1. The SMILES string of the molecule is Cl.O=S(=O)(N[C@@H]1CCCNC1)c1ccc2c(c1)OCCO2. The summed E-state index contributed by atoms with van der Waals surface area (Å²) in [6.07, 6.45) is 1.84. The van der Waals surface area contributed by atoms with Gasteiger partial charge >= 0.3 is 0 Å². The molecule has 2 aliphatic heterocycles. The van der Waals surface area contributed by atoms with Crippen LogP contribution < -0.4 is 19.5 Å². The van der Waals surface area contributed by atoms with Gasteiger partial charge in [-0.2, -0.15) is 0 Å². The Morgan fingerprint density at radius 3 is 2.67 bits per heavy atom. The van der Waals surface area contributed by atoms with Crippen LogP contribution in [0.4, 0.5) is 0 Å². The molecule has 2 aliphatic rings. The first-order valence-electron chi connectivity index (χ1n) is 6.78. The number of sulfonamides is 1. The van der Waals surface area contributed by atoms with Gasteiger partial charge in [-0.25, -0.2) is 13.1 Å². The largest absolute Gasteiger partial charge is 0.486 e. The smallest absolute Gasteiger partial charge is 0.241 e. The van der Waals surface area contributed by atoms with Crippen molar-refractivity contribution in [1.82, 2.24) is 10.0 Å². The summed E-state index contributed by atoms with van der Waals surface area (Å²) in [5.74, 6) is 1.08. The van der Waals surface area contributed by atoms with Crippen LogP contribution in [0.3, 0.4) is 0 Å². The van der Waals surface area contributed by atoms with Gasteiger partial charge in [-0.3, -0.25) is 0 Å². The minimum atomic E-state index is -3.52. The summed E-state index contributed by atoms with van der Waals surface area (Å²) >= 11 is 0. The first-order valence-corrected chi connectivity index (χ1v) is 8.26. The number of hydrogen-bond acceptors (Lipinski definition) is 5. The zero-order valence-electron chi connectivity index (χ0n) is 11.5. The van der Waals surface area contributed by atoms with E-state index in [0.29, 0.717) is 31.3 Å². The molecule has 0 bridgehead atoms. The molecule has 2 N–H and O–H groups in total. The normalized spacial score (nSPS) is 21.4. The molecule has 0 radical (unpaired) electrons. The van der Waals surface area contributed by atoms with Gasteiger partial charge in [-0.15, -0.1) is 12.4 Å². The van der Waals surface area contributed by atoms with E-state index in [4.69, 9.17) is 9.47 Å². The van der Waals surface area contributed by atoms with Crippen LogP contribution in [-0.4, -0.2) is 40.8 Å². The molecule has 0 amide bonds. The zero-order chi connectivity index (χ0) is 14.0. The van der Waals surface area contributed by atoms with Gasteiger partial charge in [0.15, 0.2) is 11.5 Å². The Kier molecular flexibility index (Phi) is 5.32. The van der Waals surface area contributed by atoms with Gasteiger partial charge in [0.1, 0.15) is 13.2 Å². The first kappa shape index (κ1) is 16.4. The van der Waals surface area contributed by atoms with E-state index < -0.39 is 10.0 Å². The van der Waals surface area contributed by atoms with E-state index in [-0.39, 0.29) is 23.3 Å². The van der Waals surface area contributed by atoms with E-state index in [0.717, 1.165) is 19.4 Å². The molecule has 1 atom stereocenters. The van der Waals surface area contributed by atoms with Gasteiger partial charge < -0.3 is 14.8 Å². The molecule has 8 heteroatoms. The van der Waals surface area contributed by atoms with Crippen LogP contribution in [0.15, 0.2) is 23.1 Å². The lowest BCUT2D eigenvalue weighted by Crippen LogP contribution is -2.45. The minimum Gasteiger partial charge on any atom is -0.486 e. The van der Waals surface area contributed by atoms with E-state index in [1.165, 1.54) is 6.07 Å². The number of rotatable bonds is 3. The van der Waals surface area contributed by atoms with E-state index in [1.54, 1.807) is 12.1 Å². The predicted molar refractivity (Wildman–Crippen MR) is 80.9 cm³/mol. The second-order valence-corrected chi connectivity index (χ2v) is 6.68. The van der Waals surface area contributed by atoms with Crippen LogP contribution in [0.1, 0.15) is 12.8 Å². The highest BCUT2D eigenvalue weighted by atomic mass is 35.5. The summed E-state index contributed by atoms with van der Waals surface area (Å²) in [5.41, 5.74) is 0. The zero-order valence-corrected chi connectivity index (χ0v) is 13.1. The van der Waals surface area contributed by atoms with Crippen LogP contribution >= 0.6 is 12.4 Å². The topological polar surface area (TPSA) is 76.7 Å². The van der Waals surface area contributed by atoms with E-state index in [2.05, 4.69) is 10.0 Å². The molecule has 1 saturated heterocycles. The van der Waals surface area contributed by atoms with Gasteiger partial charge in [0.05, 0.1) is 4.90 Å². The molecule has 2 heterocycles. The van der Waals surface area contributed by atoms with Crippen LogP contribution in [0.2, 0.25) is 0 Å². The average Bonchev–Trinajstić information content (AvgIpc) is 2.47. The van der Waals surface area contributed by atoms with Crippen LogP contribution in [0.25, 0.3) is 0 Å². The van der Waals surface area contributed by atoms with Crippen LogP contribution in [0, 0.1) is 0 Å². The highest BCUT2D eigenvalue weighted by Crippen LogP contribution is 2.32. The van der Waals surface area contributed by atoms with Gasteiger partial charge in [0, 0.05) is 18.7 Å². The molecule has 0 unspecified atom stereocenters. The van der Waals surface area contributed by atoms with Crippen LogP contribution in [0.5, 0.6) is 11.5 Å². The Balaban J connectivity index is 0.00000161. The summed E-state index contributed by atoms with van der Waals surface area (Å²) < 4.78 is 38.2. The van der Waals surface area contributed by atoms with Crippen molar-refractivity contribution < 1.29 is 17.9 Å². The summed E-state index contributed by atoms with van der Waals surface area (Å²) in [6, 6.07) is 4.66. The van der Waals surface area contributed by atoms with E-state index >= 15 is 0 Å². The van der Waals surface area contributed by atoms with Gasteiger partial charge in [0.2, 0.25) is 10.0 Å². The number of piperidine rings is 1. The van der Waals surface area contributed by atoms with Crippen molar-refractivity contribution in [3.63, 3.8) is 0 Å². The lowest BCUT2D eigenvalue weighted by molar-refractivity contribution is 0.171. The highest BCUT2D eigenvalue weighted by Gasteiger charge is 2.23. The number of nitrogens with one attached hydrogen (secondary N) is 2. The van der Waals surface area contributed by atoms with Crippen molar-refractivity contribution in [2.75, 3.05) is 26.3 Å². The Bertz CT molecular complexity index is 588. The Hall–Kier alpha value is -1.02. The maximum absolute atomic E-state index is 12.4. The number of hydrogen-bond donors (Lipinski definition) is 2. The molecule has 0 aromatic heterocycles. The third-order valence-corrected chi connectivity index (χ3v) is 4.96. The molecule has 6 nitrogen and oxygen atoms in total. The lowest BCUT2D eigenvalue weighted by Gasteiger charge is -2.24. The summed E-state index contributed by atoms with van der Waals surface area (Å²) in [6.45, 7) is 2.55. The second-order valence-electron chi connectivity index (χ2n) is 4.97. The fraction of sp³-hybridized carbons (Fsp3) is 0.538. The van der Waals surface area contributed by atoms with Crippen molar-refractivity contribution >= 4 is 22.4 Å². The monoisotopic (exact) mass is 334 g/mol. The molecule has 1 aromatic rings. The Morgan fingerprint density at radius 2 is 1.95 bits per heavy atom. The molecule has 0 aliphatic carbocycles. The van der Waals surface area contributed by atoms with Crippen molar-refractivity contribution in [1.29, 1.82) is 0 Å². The lowest BCUT2D eigenvalue weighted by atomic mass is 10.1. The fourth-order valence-electron chi connectivity index (χ4n) is 2.43. The molecule has 118 valence electrons. The number of ether oxygens (including phenoxy) is 2. The first-order chi connectivity index (χ1) is 9.65. The van der Waals surface area contributed by atoms with Crippen molar-refractivity contribution in [2.24, 2.45) is 0 Å². The molecule has 0 saturated carbocycles. The third-order valence-electron chi connectivity index (χ3n) is 3.44. The highest BCUT2D eigenvalue weighted by molar-refractivity contribution is 7.89. The van der Waals surface area contributed by atoms with Crippen molar-refractivity contribution in [3.05, 3.63) is 18.2 Å². The van der Waals surface area contributed by atoms with Gasteiger partial charge in [-0.1, -0.05) is 0 Å². The second kappa shape index (κ2) is 6.83. The number of fused-ring (bicyclic) bond motifs is 1. The molecular formula is C13H19ClN2O4S. The maximum atomic E-state index is 12.4. The summed E-state index contributed by atoms with van der Waals surface area (Å²) in [4.78, 5) is 0.215. The summed E-state index contributed by atoms with van der Waals surface area (Å²) in [7, 11) is -3.52. The minimum absolute atomic E-state index is 0. The van der Waals surface area contributed by atoms with E-state index in [1.807, 2.05) is 0 Å². The van der Waals surface area contributed by atoms with Crippen molar-refractivity contribution in [2.45, 2.75) is 23.8 Å². The van der Waals surface area contributed by atoms with Gasteiger partial charge in [-0.05, 0) is 31.5 Å². The Morgan fingerprint density at radius 1 is 1.19 bits per heavy atom. The number of halogens is 1. The van der Waals surface area contributed by atoms with Crippen LogP contribution in [-0.2, 0) is 10.0 Å².